The quantitative estimate of drug-likeness (QED) is 0.802. The molecule has 1 fully saturated rings. The molecule has 0 radical (unpaired) electrons. The molecule has 2 N–H and O–H groups in total. The first kappa shape index (κ1) is 12.1. The highest BCUT2D eigenvalue weighted by Gasteiger charge is 2.32. The number of nitrogens with zero attached hydrogens (tertiary/aromatic N) is 2. The van der Waals surface area contributed by atoms with Crippen molar-refractivity contribution in [2.75, 3.05) is 6.54 Å². The van der Waals surface area contributed by atoms with Gasteiger partial charge < -0.3 is 10.4 Å². The lowest BCUT2D eigenvalue weighted by atomic mass is 9.96. The standard InChI is InChI=1S/C12H19N3O2/c1-15-6-5-10(14-15)8-13-7-9-3-2-4-11(9)12(16)17/h5-6,9,11,13H,2-4,7-8H2,1H3,(H,16,17). The van der Waals surface area contributed by atoms with Crippen LogP contribution in [0.3, 0.4) is 0 Å². The van der Waals surface area contributed by atoms with E-state index < -0.39 is 5.97 Å². The first-order valence-corrected chi connectivity index (χ1v) is 6.09. The van der Waals surface area contributed by atoms with Crippen LogP contribution in [-0.2, 0) is 18.4 Å². The second kappa shape index (κ2) is 5.31. The lowest BCUT2D eigenvalue weighted by Crippen LogP contribution is -2.28. The Morgan fingerprint density at radius 2 is 2.47 bits per heavy atom. The topological polar surface area (TPSA) is 67.2 Å². The molecule has 94 valence electrons. The van der Waals surface area contributed by atoms with Gasteiger partial charge in [0, 0.05) is 19.8 Å². The molecule has 2 atom stereocenters. The summed E-state index contributed by atoms with van der Waals surface area (Å²) < 4.78 is 1.77. The number of aliphatic carboxylic acids is 1. The Morgan fingerprint density at radius 1 is 1.65 bits per heavy atom. The van der Waals surface area contributed by atoms with Crippen LogP contribution in [0.25, 0.3) is 0 Å². The summed E-state index contributed by atoms with van der Waals surface area (Å²) in [6.07, 6.45) is 4.79. The minimum Gasteiger partial charge on any atom is -0.481 e. The average Bonchev–Trinajstić information content (AvgIpc) is 2.87. The molecular weight excluding hydrogens is 218 g/mol. The van der Waals surface area contributed by atoms with Gasteiger partial charge in [0.1, 0.15) is 0 Å². The molecule has 17 heavy (non-hydrogen) atoms. The molecule has 0 amide bonds. The largest absolute Gasteiger partial charge is 0.481 e. The number of rotatable bonds is 5. The van der Waals surface area contributed by atoms with E-state index in [1.807, 2.05) is 19.3 Å². The molecule has 5 nitrogen and oxygen atoms in total. The number of aromatic nitrogens is 2. The highest BCUT2D eigenvalue weighted by atomic mass is 16.4. The number of aryl methyl sites for hydroxylation is 1. The number of carboxylic acid groups (broad SMARTS) is 1. The van der Waals surface area contributed by atoms with Crippen LogP contribution in [0.4, 0.5) is 0 Å². The normalized spacial score (nSPS) is 24.1. The Bertz CT molecular complexity index is 389. The molecule has 0 aromatic carbocycles. The van der Waals surface area contributed by atoms with Crippen LogP contribution in [0.5, 0.6) is 0 Å². The molecule has 2 rings (SSSR count). The van der Waals surface area contributed by atoms with Gasteiger partial charge in [-0.1, -0.05) is 6.42 Å². The Balaban J connectivity index is 1.76. The van der Waals surface area contributed by atoms with Gasteiger partial charge >= 0.3 is 5.97 Å². The van der Waals surface area contributed by atoms with Crippen molar-refractivity contribution in [1.29, 1.82) is 0 Å². The van der Waals surface area contributed by atoms with Crippen LogP contribution in [0.2, 0.25) is 0 Å². The summed E-state index contributed by atoms with van der Waals surface area (Å²) in [5, 5.41) is 16.6. The van der Waals surface area contributed by atoms with E-state index in [2.05, 4.69) is 10.4 Å². The van der Waals surface area contributed by atoms with E-state index in [4.69, 9.17) is 5.11 Å². The van der Waals surface area contributed by atoms with Gasteiger partial charge in [-0.25, -0.2) is 0 Å². The van der Waals surface area contributed by atoms with E-state index in [1.165, 1.54) is 0 Å². The molecule has 1 aromatic rings. The van der Waals surface area contributed by atoms with E-state index in [0.717, 1.165) is 31.5 Å². The van der Waals surface area contributed by atoms with Gasteiger partial charge in [0.25, 0.3) is 0 Å². The Kier molecular flexibility index (Phi) is 3.78. The van der Waals surface area contributed by atoms with Crippen LogP contribution >= 0.6 is 0 Å². The fraction of sp³-hybridized carbons (Fsp3) is 0.667. The smallest absolute Gasteiger partial charge is 0.306 e. The molecule has 1 aromatic heterocycles. The summed E-state index contributed by atoms with van der Waals surface area (Å²) in [4.78, 5) is 11.0. The van der Waals surface area contributed by atoms with E-state index in [1.54, 1.807) is 4.68 Å². The summed E-state index contributed by atoms with van der Waals surface area (Å²) in [6, 6.07) is 1.97. The number of carbonyl (C=O) groups is 1. The lowest BCUT2D eigenvalue weighted by molar-refractivity contribution is -0.142. The molecule has 1 heterocycles. The molecule has 2 unspecified atom stereocenters. The van der Waals surface area contributed by atoms with Crippen LogP contribution < -0.4 is 5.32 Å². The minimum atomic E-state index is -0.646. The van der Waals surface area contributed by atoms with E-state index in [9.17, 15) is 4.79 Å². The first-order chi connectivity index (χ1) is 8.16. The molecule has 0 bridgehead atoms. The third-order valence-corrected chi connectivity index (χ3v) is 3.46. The van der Waals surface area contributed by atoms with Gasteiger partial charge in [0.05, 0.1) is 11.6 Å². The zero-order chi connectivity index (χ0) is 12.3. The number of hydrogen-bond donors (Lipinski definition) is 2. The van der Waals surface area contributed by atoms with E-state index >= 15 is 0 Å². The van der Waals surface area contributed by atoms with Gasteiger partial charge in [-0.05, 0) is 31.4 Å². The summed E-state index contributed by atoms with van der Waals surface area (Å²) in [5.41, 5.74) is 0.998. The Hall–Kier alpha value is -1.36. The highest BCUT2D eigenvalue weighted by molar-refractivity contribution is 5.70. The molecule has 0 aliphatic heterocycles. The van der Waals surface area contributed by atoms with Crippen molar-refractivity contribution in [1.82, 2.24) is 15.1 Å². The fourth-order valence-electron chi connectivity index (χ4n) is 2.55. The zero-order valence-corrected chi connectivity index (χ0v) is 10.1. The third kappa shape index (κ3) is 3.06. The van der Waals surface area contributed by atoms with Crippen molar-refractivity contribution in [3.8, 4) is 0 Å². The molecule has 0 spiro atoms. The molecule has 5 heteroatoms. The predicted octanol–water partition coefficient (Wildman–Crippen LogP) is 1.01. The van der Waals surface area contributed by atoms with Gasteiger partial charge in [-0.15, -0.1) is 0 Å². The van der Waals surface area contributed by atoms with Crippen molar-refractivity contribution < 1.29 is 9.90 Å². The SMILES string of the molecule is Cn1ccc(CNCC2CCCC2C(=O)O)n1. The predicted molar refractivity (Wildman–Crippen MR) is 63.4 cm³/mol. The molecule has 1 aliphatic carbocycles. The maximum Gasteiger partial charge on any atom is 0.306 e. The minimum absolute atomic E-state index is 0.161. The summed E-state index contributed by atoms with van der Waals surface area (Å²) in [7, 11) is 1.89. The maximum absolute atomic E-state index is 11.0. The van der Waals surface area contributed by atoms with Gasteiger partial charge in [0.2, 0.25) is 0 Å². The number of hydrogen-bond acceptors (Lipinski definition) is 3. The first-order valence-electron chi connectivity index (χ1n) is 6.09. The van der Waals surface area contributed by atoms with Crippen LogP contribution in [0.1, 0.15) is 25.0 Å². The van der Waals surface area contributed by atoms with Crippen LogP contribution in [0.15, 0.2) is 12.3 Å². The number of carboxylic acids is 1. The highest BCUT2D eigenvalue weighted by Crippen LogP contribution is 2.31. The maximum atomic E-state index is 11.0. The second-order valence-corrected chi connectivity index (χ2v) is 4.75. The monoisotopic (exact) mass is 237 g/mol. The fourth-order valence-corrected chi connectivity index (χ4v) is 2.55. The third-order valence-electron chi connectivity index (χ3n) is 3.46. The van der Waals surface area contributed by atoms with Gasteiger partial charge in [0.15, 0.2) is 0 Å². The number of nitrogens with one attached hydrogen (secondary N) is 1. The lowest BCUT2D eigenvalue weighted by Gasteiger charge is -2.15. The molecule has 1 saturated carbocycles. The molecular formula is C12H19N3O2. The Labute approximate surface area is 101 Å². The van der Waals surface area contributed by atoms with Crippen molar-refractivity contribution in [2.45, 2.75) is 25.8 Å². The Morgan fingerprint density at radius 3 is 3.12 bits per heavy atom. The zero-order valence-electron chi connectivity index (χ0n) is 10.1. The van der Waals surface area contributed by atoms with Crippen molar-refractivity contribution in [2.24, 2.45) is 18.9 Å². The van der Waals surface area contributed by atoms with Crippen molar-refractivity contribution in [3.05, 3.63) is 18.0 Å². The molecule has 1 aliphatic rings. The summed E-state index contributed by atoms with van der Waals surface area (Å²) in [6.45, 7) is 1.48. The average molecular weight is 237 g/mol. The summed E-state index contributed by atoms with van der Waals surface area (Å²) in [5.74, 6) is -0.533. The van der Waals surface area contributed by atoms with E-state index in [-0.39, 0.29) is 11.8 Å². The van der Waals surface area contributed by atoms with Crippen LogP contribution in [-0.4, -0.2) is 27.4 Å². The second-order valence-electron chi connectivity index (χ2n) is 4.75. The van der Waals surface area contributed by atoms with Crippen LogP contribution in [0, 0.1) is 11.8 Å². The van der Waals surface area contributed by atoms with Gasteiger partial charge in [-0.2, -0.15) is 5.10 Å². The van der Waals surface area contributed by atoms with E-state index in [0.29, 0.717) is 6.54 Å². The van der Waals surface area contributed by atoms with Gasteiger partial charge in [-0.3, -0.25) is 9.48 Å². The molecule has 0 saturated heterocycles. The van der Waals surface area contributed by atoms with Crippen molar-refractivity contribution in [3.63, 3.8) is 0 Å². The summed E-state index contributed by atoms with van der Waals surface area (Å²) >= 11 is 0. The van der Waals surface area contributed by atoms with Crippen molar-refractivity contribution >= 4 is 5.97 Å².